The second-order valence-corrected chi connectivity index (χ2v) is 8.57. The number of amides is 3. The molecule has 2 aromatic carbocycles. The number of ketones is 1. The fourth-order valence-corrected chi connectivity index (χ4v) is 4.18. The highest BCUT2D eigenvalue weighted by Crippen LogP contribution is 2.24. The minimum atomic E-state index is -0.839. The molecule has 2 aliphatic rings. The average Bonchev–Trinajstić information content (AvgIpc) is 3.10. The van der Waals surface area contributed by atoms with E-state index in [0.717, 1.165) is 22.4 Å². The molecule has 7 nitrogen and oxygen atoms in total. The van der Waals surface area contributed by atoms with Crippen molar-refractivity contribution in [2.24, 2.45) is 0 Å². The van der Waals surface area contributed by atoms with E-state index in [-0.39, 0.29) is 11.5 Å². The van der Waals surface area contributed by atoms with E-state index in [9.17, 15) is 19.2 Å². The van der Waals surface area contributed by atoms with Gasteiger partial charge in [0.15, 0.2) is 0 Å². The number of rotatable bonds is 9. The largest absolute Gasteiger partial charge is 0.351 e. The third kappa shape index (κ3) is 5.49. The van der Waals surface area contributed by atoms with Crippen molar-refractivity contribution in [3.05, 3.63) is 89.8 Å². The van der Waals surface area contributed by atoms with Crippen LogP contribution in [-0.2, 0) is 32.0 Å². The third-order valence-electron chi connectivity index (χ3n) is 6.02. The SMILES string of the molecule is C=C1CCC(N2C(=O)C=C(Nc3cccc(CCC(=O)CCc4ccccc4)c3)C2=O)C(=O)N1. The number of Topliss-reactive ketones (excluding diaryl/α,β-unsaturated/α-hetero) is 1. The van der Waals surface area contributed by atoms with Gasteiger partial charge in [-0.05, 0) is 48.9 Å². The summed E-state index contributed by atoms with van der Waals surface area (Å²) in [6.45, 7) is 3.73. The van der Waals surface area contributed by atoms with Crippen molar-refractivity contribution in [2.45, 2.75) is 44.6 Å². The quantitative estimate of drug-likeness (QED) is 0.564. The molecule has 174 valence electrons. The second kappa shape index (κ2) is 10.3. The van der Waals surface area contributed by atoms with Crippen LogP contribution in [0.5, 0.6) is 0 Å². The molecule has 1 fully saturated rings. The smallest absolute Gasteiger partial charge is 0.278 e. The second-order valence-electron chi connectivity index (χ2n) is 8.57. The Hall–Kier alpha value is -4.00. The van der Waals surface area contributed by atoms with Crippen LogP contribution in [-0.4, -0.2) is 34.4 Å². The molecule has 0 saturated carbocycles. The standard InChI is InChI=1S/C27H27N3O4/c1-18-10-15-24(26(33)28-18)30-25(32)17-23(27(30)34)29-21-9-5-8-20(16-21)12-14-22(31)13-11-19-6-3-2-4-7-19/h2-9,16-17,24,29H,1,10-15H2,(H,28,33). The number of aryl methyl sites for hydroxylation is 2. The van der Waals surface area contributed by atoms with E-state index in [1.54, 1.807) is 6.07 Å². The van der Waals surface area contributed by atoms with Crippen LogP contribution in [0.25, 0.3) is 0 Å². The van der Waals surface area contributed by atoms with Crippen molar-refractivity contribution in [2.75, 3.05) is 5.32 Å². The van der Waals surface area contributed by atoms with Gasteiger partial charge >= 0.3 is 0 Å². The van der Waals surface area contributed by atoms with Gasteiger partial charge in [-0.15, -0.1) is 0 Å². The molecule has 7 heteroatoms. The molecular formula is C27H27N3O4. The monoisotopic (exact) mass is 457 g/mol. The molecule has 0 bridgehead atoms. The van der Waals surface area contributed by atoms with Crippen LogP contribution in [0.15, 0.2) is 78.6 Å². The molecule has 1 saturated heterocycles. The molecule has 1 unspecified atom stereocenters. The zero-order valence-electron chi connectivity index (χ0n) is 18.9. The molecule has 0 spiro atoms. The predicted octanol–water partition coefficient (Wildman–Crippen LogP) is 3.28. The summed E-state index contributed by atoms with van der Waals surface area (Å²) < 4.78 is 0. The summed E-state index contributed by atoms with van der Waals surface area (Å²) >= 11 is 0. The highest BCUT2D eigenvalue weighted by molar-refractivity contribution is 6.19. The number of piperidine rings is 1. The number of carbonyl (C=O) groups excluding carboxylic acids is 4. The molecule has 3 amide bonds. The molecular weight excluding hydrogens is 430 g/mol. The van der Waals surface area contributed by atoms with Gasteiger partial charge in [0.25, 0.3) is 11.8 Å². The molecule has 0 aliphatic carbocycles. The van der Waals surface area contributed by atoms with Gasteiger partial charge < -0.3 is 10.6 Å². The Morgan fingerprint density at radius 1 is 1.00 bits per heavy atom. The van der Waals surface area contributed by atoms with Gasteiger partial charge in [-0.25, -0.2) is 0 Å². The lowest BCUT2D eigenvalue weighted by Gasteiger charge is -2.29. The van der Waals surface area contributed by atoms with E-state index in [1.165, 1.54) is 6.08 Å². The minimum Gasteiger partial charge on any atom is -0.351 e. The first-order valence-corrected chi connectivity index (χ1v) is 11.4. The summed E-state index contributed by atoms with van der Waals surface area (Å²) in [5, 5.41) is 5.61. The number of anilines is 1. The van der Waals surface area contributed by atoms with Crippen molar-refractivity contribution >= 4 is 29.2 Å². The maximum Gasteiger partial charge on any atom is 0.278 e. The Balaban J connectivity index is 1.32. The normalized spacial score (nSPS) is 18.1. The number of imide groups is 1. The predicted molar refractivity (Wildman–Crippen MR) is 128 cm³/mol. The number of allylic oxidation sites excluding steroid dienone is 1. The zero-order chi connectivity index (χ0) is 24.1. The van der Waals surface area contributed by atoms with Gasteiger partial charge in [0.1, 0.15) is 17.5 Å². The molecule has 34 heavy (non-hydrogen) atoms. The highest BCUT2D eigenvalue weighted by Gasteiger charge is 2.41. The molecule has 0 radical (unpaired) electrons. The first-order chi connectivity index (χ1) is 16.4. The summed E-state index contributed by atoms with van der Waals surface area (Å²) in [4.78, 5) is 50.9. The van der Waals surface area contributed by atoms with Crippen LogP contribution in [0.3, 0.4) is 0 Å². The molecule has 2 aromatic rings. The van der Waals surface area contributed by atoms with E-state index in [0.29, 0.717) is 43.5 Å². The van der Waals surface area contributed by atoms with E-state index < -0.39 is 23.8 Å². The highest BCUT2D eigenvalue weighted by atomic mass is 16.2. The molecule has 1 atom stereocenters. The lowest BCUT2D eigenvalue weighted by atomic mass is 10.0. The Morgan fingerprint density at radius 2 is 1.71 bits per heavy atom. The Bertz CT molecular complexity index is 1170. The van der Waals surface area contributed by atoms with E-state index in [4.69, 9.17) is 0 Å². The number of benzene rings is 2. The first-order valence-electron chi connectivity index (χ1n) is 11.4. The average molecular weight is 458 g/mol. The molecule has 2 N–H and O–H groups in total. The fraction of sp³-hybridized carbons (Fsp3) is 0.259. The Morgan fingerprint density at radius 3 is 2.44 bits per heavy atom. The lowest BCUT2D eigenvalue weighted by molar-refractivity contribution is -0.146. The van der Waals surface area contributed by atoms with Gasteiger partial charge in [-0.1, -0.05) is 49.0 Å². The summed E-state index contributed by atoms with van der Waals surface area (Å²) in [7, 11) is 0. The van der Waals surface area contributed by atoms with Crippen LogP contribution < -0.4 is 10.6 Å². The number of carbonyl (C=O) groups is 4. The zero-order valence-corrected chi connectivity index (χ0v) is 18.9. The van der Waals surface area contributed by atoms with Gasteiger partial charge in [0.05, 0.1) is 0 Å². The third-order valence-corrected chi connectivity index (χ3v) is 6.02. The number of hydrogen-bond donors (Lipinski definition) is 2. The van der Waals surface area contributed by atoms with Crippen molar-refractivity contribution in [1.82, 2.24) is 10.2 Å². The molecule has 2 aliphatic heterocycles. The summed E-state index contributed by atoms with van der Waals surface area (Å²) in [6, 6.07) is 16.5. The molecule has 4 rings (SSSR count). The van der Waals surface area contributed by atoms with Crippen molar-refractivity contribution in [3.8, 4) is 0 Å². The van der Waals surface area contributed by atoms with Crippen molar-refractivity contribution in [3.63, 3.8) is 0 Å². The summed E-state index contributed by atoms with van der Waals surface area (Å²) in [5.41, 5.74) is 3.46. The van der Waals surface area contributed by atoms with Crippen LogP contribution in [0.1, 0.15) is 36.8 Å². The number of hydrogen-bond acceptors (Lipinski definition) is 5. The Labute approximate surface area is 198 Å². The fourth-order valence-electron chi connectivity index (χ4n) is 4.18. The van der Waals surface area contributed by atoms with Gasteiger partial charge in [-0.2, -0.15) is 0 Å². The molecule has 2 heterocycles. The van der Waals surface area contributed by atoms with E-state index in [1.807, 2.05) is 48.5 Å². The van der Waals surface area contributed by atoms with E-state index in [2.05, 4.69) is 17.2 Å². The topological polar surface area (TPSA) is 95.6 Å². The van der Waals surface area contributed by atoms with Crippen molar-refractivity contribution < 1.29 is 19.2 Å². The minimum absolute atomic E-state index is 0.123. The molecule has 0 aromatic heterocycles. The summed E-state index contributed by atoms with van der Waals surface area (Å²) in [6.07, 6.45) is 4.36. The number of nitrogens with one attached hydrogen (secondary N) is 2. The van der Waals surface area contributed by atoms with Crippen LogP contribution in [0.2, 0.25) is 0 Å². The lowest BCUT2D eigenvalue weighted by Crippen LogP contribution is -2.52. The first kappa shape index (κ1) is 23.2. The van der Waals surface area contributed by atoms with Gasteiger partial charge in [-0.3, -0.25) is 24.1 Å². The summed E-state index contributed by atoms with van der Waals surface area (Å²) in [5.74, 6) is -1.24. The van der Waals surface area contributed by atoms with Crippen LogP contribution in [0.4, 0.5) is 5.69 Å². The van der Waals surface area contributed by atoms with E-state index >= 15 is 0 Å². The Kier molecular flexibility index (Phi) is 7.01. The van der Waals surface area contributed by atoms with Crippen molar-refractivity contribution in [1.29, 1.82) is 0 Å². The van der Waals surface area contributed by atoms with Crippen LogP contribution in [0, 0.1) is 0 Å². The number of nitrogens with zero attached hydrogens (tertiary/aromatic N) is 1. The van der Waals surface area contributed by atoms with Crippen LogP contribution >= 0.6 is 0 Å². The maximum absolute atomic E-state index is 12.9. The van der Waals surface area contributed by atoms with Gasteiger partial charge in [0, 0.05) is 30.3 Å². The van der Waals surface area contributed by atoms with Gasteiger partial charge in [0.2, 0.25) is 5.91 Å². The maximum atomic E-state index is 12.9.